The number of hydrogen-bond acceptors (Lipinski definition) is 2. The maximum atomic E-state index is 5.86. The molecule has 19 heavy (non-hydrogen) atoms. The minimum Gasteiger partial charge on any atom is -0.464 e. The molecule has 0 radical (unpaired) electrons. The molecule has 0 aliphatic carbocycles. The molecule has 0 spiro atoms. The molecule has 2 nitrogen and oxygen atoms in total. The smallest absolute Gasteiger partial charge is 0.117 e. The van der Waals surface area contributed by atoms with Gasteiger partial charge >= 0.3 is 0 Å². The Morgan fingerprint density at radius 3 is 2.11 bits per heavy atom. The summed E-state index contributed by atoms with van der Waals surface area (Å²) in [6.07, 6.45) is 0.879. The molecule has 0 saturated carbocycles. The molecule has 1 aromatic carbocycles. The van der Waals surface area contributed by atoms with E-state index < -0.39 is 0 Å². The van der Waals surface area contributed by atoms with E-state index in [1.165, 1.54) is 27.8 Å². The molecule has 1 N–H and O–H groups in total. The Bertz CT molecular complexity index is 555. The highest BCUT2D eigenvalue weighted by Crippen LogP contribution is 2.25. The fourth-order valence-corrected chi connectivity index (χ4v) is 2.52. The molecule has 0 unspecified atom stereocenters. The number of hydrogen-bond donors (Lipinski definition) is 1. The first-order valence-electron chi connectivity index (χ1n) is 6.81. The van der Waals surface area contributed by atoms with Crippen molar-refractivity contribution in [1.29, 1.82) is 0 Å². The van der Waals surface area contributed by atoms with E-state index in [-0.39, 0.29) is 0 Å². The first-order valence-corrected chi connectivity index (χ1v) is 6.81. The lowest BCUT2D eigenvalue weighted by Gasteiger charge is -2.14. The van der Waals surface area contributed by atoms with E-state index in [1.807, 2.05) is 7.05 Å². The average molecular weight is 257 g/mol. The summed E-state index contributed by atoms with van der Waals surface area (Å²) < 4.78 is 5.86. The molecule has 0 atom stereocenters. The van der Waals surface area contributed by atoms with E-state index in [2.05, 4.69) is 51.2 Å². The highest BCUT2D eigenvalue weighted by molar-refractivity contribution is 5.45. The van der Waals surface area contributed by atoms with E-state index in [9.17, 15) is 0 Å². The van der Waals surface area contributed by atoms with Crippen molar-refractivity contribution in [1.82, 2.24) is 5.32 Å². The molecule has 1 heterocycles. The van der Waals surface area contributed by atoms with Crippen LogP contribution in [0.3, 0.4) is 0 Å². The Balaban J connectivity index is 2.32. The molecule has 0 aliphatic heterocycles. The molecule has 102 valence electrons. The van der Waals surface area contributed by atoms with Crippen molar-refractivity contribution in [2.24, 2.45) is 0 Å². The molecule has 1 aromatic heterocycles. The molecule has 2 aromatic rings. The van der Waals surface area contributed by atoms with Crippen LogP contribution in [-0.2, 0) is 13.0 Å². The normalized spacial score (nSPS) is 11.0. The van der Waals surface area contributed by atoms with Gasteiger partial charge in [-0.2, -0.15) is 0 Å². The predicted octanol–water partition coefficient (Wildman–Crippen LogP) is 3.82. The molecular weight excluding hydrogens is 234 g/mol. The van der Waals surface area contributed by atoms with Crippen molar-refractivity contribution < 1.29 is 4.42 Å². The van der Waals surface area contributed by atoms with Gasteiger partial charge in [0, 0.05) is 6.42 Å². The van der Waals surface area contributed by atoms with Gasteiger partial charge in [0.2, 0.25) is 0 Å². The lowest BCUT2D eigenvalue weighted by Crippen LogP contribution is -2.03. The van der Waals surface area contributed by atoms with Gasteiger partial charge in [-0.15, -0.1) is 0 Å². The summed E-state index contributed by atoms with van der Waals surface area (Å²) >= 11 is 0. The topological polar surface area (TPSA) is 25.2 Å². The number of furan rings is 1. The van der Waals surface area contributed by atoms with Gasteiger partial charge in [0.25, 0.3) is 0 Å². The van der Waals surface area contributed by atoms with E-state index in [4.69, 9.17) is 4.42 Å². The first-order chi connectivity index (χ1) is 9.02. The van der Waals surface area contributed by atoms with Crippen LogP contribution in [-0.4, -0.2) is 7.05 Å². The van der Waals surface area contributed by atoms with Gasteiger partial charge in [0.05, 0.1) is 6.54 Å². The zero-order valence-electron chi connectivity index (χ0n) is 12.6. The van der Waals surface area contributed by atoms with E-state index in [0.29, 0.717) is 0 Å². The number of rotatable bonds is 4. The fraction of sp³-hybridized carbons (Fsp3) is 0.412. The summed E-state index contributed by atoms with van der Waals surface area (Å²) in [6, 6.07) is 6.41. The van der Waals surface area contributed by atoms with Crippen molar-refractivity contribution in [2.75, 3.05) is 7.05 Å². The van der Waals surface area contributed by atoms with Gasteiger partial charge in [0.1, 0.15) is 11.5 Å². The first kappa shape index (κ1) is 13.9. The van der Waals surface area contributed by atoms with Crippen LogP contribution in [0.15, 0.2) is 22.6 Å². The summed E-state index contributed by atoms with van der Waals surface area (Å²) in [4.78, 5) is 0. The largest absolute Gasteiger partial charge is 0.464 e. The van der Waals surface area contributed by atoms with Crippen LogP contribution < -0.4 is 5.32 Å². The number of nitrogens with one attached hydrogen (secondary N) is 1. The molecule has 0 saturated heterocycles. The Morgan fingerprint density at radius 1 is 0.947 bits per heavy atom. The Hall–Kier alpha value is -1.54. The van der Waals surface area contributed by atoms with Crippen LogP contribution >= 0.6 is 0 Å². The third-order valence-electron chi connectivity index (χ3n) is 3.94. The van der Waals surface area contributed by atoms with Crippen LogP contribution in [0.5, 0.6) is 0 Å². The van der Waals surface area contributed by atoms with E-state index in [1.54, 1.807) is 0 Å². The molecule has 0 bridgehead atoms. The monoisotopic (exact) mass is 257 g/mol. The predicted molar refractivity (Wildman–Crippen MR) is 79.7 cm³/mol. The van der Waals surface area contributed by atoms with Gasteiger partial charge in [-0.1, -0.05) is 6.07 Å². The third kappa shape index (κ3) is 2.90. The zero-order chi connectivity index (χ0) is 14.0. The maximum Gasteiger partial charge on any atom is 0.117 e. The molecule has 0 aliphatic rings. The second-order valence-electron chi connectivity index (χ2n) is 5.31. The van der Waals surface area contributed by atoms with Crippen LogP contribution in [0.2, 0.25) is 0 Å². The van der Waals surface area contributed by atoms with Crippen molar-refractivity contribution >= 4 is 0 Å². The molecule has 0 amide bonds. The van der Waals surface area contributed by atoms with Gasteiger partial charge < -0.3 is 9.73 Å². The maximum absolute atomic E-state index is 5.86. The average Bonchev–Trinajstić information content (AvgIpc) is 2.80. The summed E-state index contributed by atoms with van der Waals surface area (Å²) in [7, 11) is 1.93. The fourth-order valence-electron chi connectivity index (χ4n) is 2.52. The molecule has 0 fully saturated rings. The van der Waals surface area contributed by atoms with Crippen molar-refractivity contribution in [3.63, 3.8) is 0 Å². The van der Waals surface area contributed by atoms with Crippen LogP contribution in [0.25, 0.3) is 0 Å². The standard InChI is InChI=1S/C17H23NO/c1-11-8-12(2)14(4)17(13(11)3)9-15-6-7-16(19-15)10-18-5/h6-8,18H,9-10H2,1-5H3. The summed E-state index contributed by atoms with van der Waals surface area (Å²) in [6.45, 7) is 9.55. The lowest BCUT2D eigenvalue weighted by atomic mass is 9.92. The van der Waals surface area contributed by atoms with Gasteiger partial charge in [-0.3, -0.25) is 0 Å². The van der Waals surface area contributed by atoms with Crippen LogP contribution in [0, 0.1) is 27.7 Å². The Labute approximate surface area is 115 Å². The summed E-state index contributed by atoms with van der Waals surface area (Å²) in [5.41, 5.74) is 6.90. The molecule has 2 heteroatoms. The van der Waals surface area contributed by atoms with Crippen molar-refractivity contribution in [2.45, 2.75) is 40.7 Å². The Morgan fingerprint density at radius 2 is 1.53 bits per heavy atom. The number of aryl methyl sites for hydroxylation is 2. The highest BCUT2D eigenvalue weighted by atomic mass is 16.3. The van der Waals surface area contributed by atoms with Gasteiger partial charge in [-0.05, 0) is 74.7 Å². The van der Waals surface area contributed by atoms with Gasteiger partial charge in [0.15, 0.2) is 0 Å². The summed E-state index contributed by atoms with van der Waals surface area (Å²) in [5, 5.41) is 3.11. The second-order valence-corrected chi connectivity index (χ2v) is 5.31. The third-order valence-corrected chi connectivity index (χ3v) is 3.94. The zero-order valence-corrected chi connectivity index (χ0v) is 12.6. The Kier molecular flexibility index (Phi) is 4.11. The van der Waals surface area contributed by atoms with E-state index >= 15 is 0 Å². The lowest BCUT2D eigenvalue weighted by molar-refractivity contribution is 0.462. The van der Waals surface area contributed by atoms with Gasteiger partial charge in [-0.25, -0.2) is 0 Å². The van der Waals surface area contributed by atoms with Crippen molar-refractivity contribution in [3.05, 3.63) is 57.5 Å². The molecule has 2 rings (SSSR count). The van der Waals surface area contributed by atoms with Crippen molar-refractivity contribution in [3.8, 4) is 0 Å². The number of benzene rings is 1. The quantitative estimate of drug-likeness (QED) is 0.900. The summed E-state index contributed by atoms with van der Waals surface area (Å²) in [5.74, 6) is 2.04. The minimum absolute atomic E-state index is 0.783. The highest BCUT2D eigenvalue weighted by Gasteiger charge is 2.11. The van der Waals surface area contributed by atoms with E-state index in [0.717, 1.165) is 24.5 Å². The minimum atomic E-state index is 0.783. The molecular formula is C17H23NO. The van der Waals surface area contributed by atoms with Crippen LogP contribution in [0.1, 0.15) is 39.3 Å². The SMILES string of the molecule is CNCc1ccc(Cc2c(C)c(C)cc(C)c2C)o1. The van der Waals surface area contributed by atoms with Crippen LogP contribution in [0.4, 0.5) is 0 Å². The second kappa shape index (κ2) is 5.62.